The fourth-order valence-corrected chi connectivity index (χ4v) is 2.60. The lowest BCUT2D eigenvalue weighted by atomic mass is 9.83. The van der Waals surface area contributed by atoms with Gasteiger partial charge in [-0.1, -0.05) is 19.8 Å². The molecular formula is C13H27NO2. The van der Waals surface area contributed by atoms with Crippen LogP contribution in [0.4, 0.5) is 0 Å². The molecule has 0 radical (unpaired) electrons. The van der Waals surface area contributed by atoms with Crippen molar-refractivity contribution in [3.63, 3.8) is 0 Å². The van der Waals surface area contributed by atoms with Gasteiger partial charge in [-0.15, -0.1) is 0 Å². The van der Waals surface area contributed by atoms with E-state index in [0.717, 1.165) is 6.54 Å². The lowest BCUT2D eigenvalue weighted by molar-refractivity contribution is 0.0412. The standard InChI is InChI=1S/C13H27NO2/c1-3-13(7-5-6-8-13)11-14-9-12(15)10-16-4-2/h12,14-15H,3-11H2,1-2H3. The number of aliphatic hydroxyl groups excluding tert-OH is 1. The molecule has 0 aromatic heterocycles. The van der Waals surface area contributed by atoms with Crippen LogP contribution in [0.25, 0.3) is 0 Å². The van der Waals surface area contributed by atoms with Crippen molar-refractivity contribution >= 4 is 0 Å². The van der Waals surface area contributed by atoms with Crippen molar-refractivity contribution in [1.29, 1.82) is 0 Å². The van der Waals surface area contributed by atoms with Crippen LogP contribution >= 0.6 is 0 Å². The molecule has 0 aliphatic heterocycles. The summed E-state index contributed by atoms with van der Waals surface area (Å²) in [5.41, 5.74) is 0.505. The van der Waals surface area contributed by atoms with Gasteiger partial charge in [0.25, 0.3) is 0 Å². The highest BCUT2D eigenvalue weighted by atomic mass is 16.5. The van der Waals surface area contributed by atoms with E-state index in [2.05, 4.69) is 12.2 Å². The van der Waals surface area contributed by atoms with E-state index in [1.54, 1.807) is 0 Å². The number of hydrogen-bond acceptors (Lipinski definition) is 3. The Labute approximate surface area is 99.6 Å². The molecular weight excluding hydrogens is 202 g/mol. The summed E-state index contributed by atoms with van der Waals surface area (Å²) >= 11 is 0. The Morgan fingerprint density at radius 1 is 1.31 bits per heavy atom. The molecule has 16 heavy (non-hydrogen) atoms. The number of ether oxygens (including phenoxy) is 1. The van der Waals surface area contributed by atoms with E-state index in [0.29, 0.717) is 25.2 Å². The summed E-state index contributed by atoms with van der Waals surface area (Å²) in [6, 6.07) is 0. The van der Waals surface area contributed by atoms with Gasteiger partial charge in [-0.25, -0.2) is 0 Å². The zero-order valence-electron chi connectivity index (χ0n) is 10.8. The van der Waals surface area contributed by atoms with Gasteiger partial charge in [-0.2, -0.15) is 0 Å². The SMILES string of the molecule is CCOCC(O)CNCC1(CC)CCCC1. The van der Waals surface area contributed by atoms with Crippen LogP contribution in [0.1, 0.15) is 46.0 Å². The second kappa shape index (κ2) is 7.25. The molecule has 1 fully saturated rings. The van der Waals surface area contributed by atoms with Gasteiger partial charge < -0.3 is 15.2 Å². The number of hydrogen-bond donors (Lipinski definition) is 2. The van der Waals surface area contributed by atoms with E-state index in [-0.39, 0.29) is 6.10 Å². The summed E-state index contributed by atoms with van der Waals surface area (Å²) in [5, 5.41) is 13.0. The molecule has 0 aromatic rings. The van der Waals surface area contributed by atoms with Crippen LogP contribution in [-0.4, -0.2) is 37.5 Å². The zero-order valence-corrected chi connectivity index (χ0v) is 10.8. The van der Waals surface area contributed by atoms with Gasteiger partial charge in [0, 0.05) is 19.7 Å². The first-order valence-electron chi connectivity index (χ1n) is 6.69. The molecule has 1 aliphatic rings. The molecule has 0 amide bonds. The summed E-state index contributed by atoms with van der Waals surface area (Å²) in [6.07, 6.45) is 6.32. The van der Waals surface area contributed by atoms with E-state index < -0.39 is 0 Å². The first-order valence-corrected chi connectivity index (χ1v) is 6.69. The monoisotopic (exact) mass is 229 g/mol. The first-order chi connectivity index (χ1) is 7.72. The highest BCUT2D eigenvalue weighted by Crippen LogP contribution is 2.40. The predicted octanol–water partition coefficient (Wildman–Crippen LogP) is 1.94. The van der Waals surface area contributed by atoms with E-state index in [4.69, 9.17) is 4.74 Å². The third kappa shape index (κ3) is 4.40. The van der Waals surface area contributed by atoms with Crippen LogP contribution in [0.2, 0.25) is 0 Å². The predicted molar refractivity (Wildman–Crippen MR) is 66.6 cm³/mol. The lowest BCUT2D eigenvalue weighted by Gasteiger charge is -2.28. The quantitative estimate of drug-likeness (QED) is 0.668. The second-order valence-corrected chi connectivity index (χ2v) is 5.00. The van der Waals surface area contributed by atoms with Gasteiger partial charge in [-0.3, -0.25) is 0 Å². The molecule has 0 spiro atoms. The average Bonchev–Trinajstić information content (AvgIpc) is 2.76. The zero-order chi connectivity index (χ0) is 11.9. The van der Waals surface area contributed by atoms with Crippen molar-refractivity contribution in [3.8, 4) is 0 Å². The van der Waals surface area contributed by atoms with Crippen LogP contribution in [0.3, 0.4) is 0 Å². The smallest absolute Gasteiger partial charge is 0.0897 e. The lowest BCUT2D eigenvalue weighted by Crippen LogP contribution is -2.37. The molecule has 3 nitrogen and oxygen atoms in total. The van der Waals surface area contributed by atoms with Crippen LogP contribution in [0, 0.1) is 5.41 Å². The molecule has 0 bridgehead atoms. The van der Waals surface area contributed by atoms with Gasteiger partial charge in [-0.05, 0) is 31.6 Å². The summed E-state index contributed by atoms with van der Waals surface area (Å²) in [7, 11) is 0. The fraction of sp³-hybridized carbons (Fsp3) is 1.00. The molecule has 2 N–H and O–H groups in total. The number of aliphatic hydroxyl groups is 1. The summed E-state index contributed by atoms with van der Waals surface area (Å²) in [4.78, 5) is 0. The van der Waals surface area contributed by atoms with Gasteiger partial charge >= 0.3 is 0 Å². The van der Waals surface area contributed by atoms with Gasteiger partial charge in [0.05, 0.1) is 12.7 Å². The van der Waals surface area contributed by atoms with Crippen LogP contribution < -0.4 is 5.32 Å². The molecule has 1 rings (SSSR count). The third-order valence-corrected chi connectivity index (χ3v) is 3.81. The average molecular weight is 229 g/mol. The van der Waals surface area contributed by atoms with Gasteiger partial charge in [0.15, 0.2) is 0 Å². The highest BCUT2D eigenvalue weighted by molar-refractivity contribution is 4.85. The molecule has 0 heterocycles. The summed E-state index contributed by atoms with van der Waals surface area (Å²) in [6.45, 7) is 7.06. The Balaban J connectivity index is 2.13. The maximum absolute atomic E-state index is 9.62. The summed E-state index contributed by atoms with van der Waals surface area (Å²) < 4.78 is 5.18. The van der Waals surface area contributed by atoms with Gasteiger partial charge in [0.2, 0.25) is 0 Å². The van der Waals surface area contributed by atoms with E-state index in [1.165, 1.54) is 32.1 Å². The minimum atomic E-state index is -0.366. The summed E-state index contributed by atoms with van der Waals surface area (Å²) in [5.74, 6) is 0. The fourth-order valence-electron chi connectivity index (χ4n) is 2.60. The second-order valence-electron chi connectivity index (χ2n) is 5.00. The van der Waals surface area contributed by atoms with Crippen molar-refractivity contribution in [2.24, 2.45) is 5.41 Å². The van der Waals surface area contributed by atoms with Crippen molar-refractivity contribution in [1.82, 2.24) is 5.32 Å². The molecule has 1 unspecified atom stereocenters. The van der Waals surface area contributed by atoms with Gasteiger partial charge in [0.1, 0.15) is 0 Å². The number of nitrogens with one attached hydrogen (secondary N) is 1. The van der Waals surface area contributed by atoms with Crippen LogP contribution in [0.5, 0.6) is 0 Å². The van der Waals surface area contributed by atoms with E-state index >= 15 is 0 Å². The van der Waals surface area contributed by atoms with Crippen LogP contribution in [0.15, 0.2) is 0 Å². The number of rotatable bonds is 8. The Bertz CT molecular complexity index is 179. The Morgan fingerprint density at radius 2 is 2.00 bits per heavy atom. The highest BCUT2D eigenvalue weighted by Gasteiger charge is 2.31. The maximum atomic E-state index is 9.62. The largest absolute Gasteiger partial charge is 0.389 e. The normalized spacial score (nSPS) is 21.2. The molecule has 1 aliphatic carbocycles. The molecule has 96 valence electrons. The molecule has 0 saturated heterocycles. The molecule has 1 saturated carbocycles. The minimum Gasteiger partial charge on any atom is -0.389 e. The van der Waals surface area contributed by atoms with Crippen molar-refractivity contribution in [2.45, 2.75) is 52.1 Å². The molecule has 1 atom stereocenters. The first kappa shape index (κ1) is 13.9. The Kier molecular flexibility index (Phi) is 6.32. The molecule has 3 heteroatoms. The van der Waals surface area contributed by atoms with Crippen molar-refractivity contribution in [2.75, 3.05) is 26.3 Å². The van der Waals surface area contributed by atoms with Crippen molar-refractivity contribution in [3.05, 3.63) is 0 Å². The topological polar surface area (TPSA) is 41.5 Å². The van der Waals surface area contributed by atoms with Crippen LogP contribution in [-0.2, 0) is 4.74 Å². The maximum Gasteiger partial charge on any atom is 0.0897 e. The Morgan fingerprint density at radius 3 is 2.56 bits per heavy atom. The third-order valence-electron chi connectivity index (χ3n) is 3.81. The Hall–Kier alpha value is -0.120. The van der Waals surface area contributed by atoms with E-state index in [9.17, 15) is 5.11 Å². The van der Waals surface area contributed by atoms with Crippen molar-refractivity contribution < 1.29 is 9.84 Å². The van der Waals surface area contributed by atoms with E-state index in [1.807, 2.05) is 6.92 Å². The molecule has 0 aromatic carbocycles. The minimum absolute atomic E-state index is 0.366.